The van der Waals surface area contributed by atoms with Crippen LogP contribution >= 0.6 is 0 Å². The molecule has 0 aliphatic heterocycles. The summed E-state index contributed by atoms with van der Waals surface area (Å²) in [6.07, 6.45) is 6.46. The van der Waals surface area contributed by atoms with Gasteiger partial charge in [-0.1, -0.05) is 26.0 Å². The maximum atomic E-state index is 5.60. The lowest BCUT2D eigenvalue weighted by Crippen LogP contribution is -2.31. The zero-order valence-electron chi connectivity index (χ0n) is 8.29. The highest BCUT2D eigenvalue weighted by atomic mass is 16.3. The Hall–Kier alpha value is -0.980. The van der Waals surface area contributed by atoms with Crippen LogP contribution in [-0.2, 0) is 5.41 Å². The molecule has 0 saturated heterocycles. The average molecular weight is 174 g/mol. The van der Waals surface area contributed by atoms with Crippen molar-refractivity contribution in [3.05, 3.63) is 35.8 Å². The van der Waals surface area contributed by atoms with Gasteiger partial charge in [-0.05, 0) is 18.4 Å². The van der Waals surface area contributed by atoms with E-state index >= 15 is 0 Å². The molecule has 0 spiro atoms. The second-order valence-electron chi connectivity index (χ2n) is 4.97. The smallest absolute Gasteiger partial charge is 0.117 e. The van der Waals surface area contributed by atoms with Crippen LogP contribution in [0.15, 0.2) is 28.9 Å². The molecule has 2 aliphatic carbocycles. The summed E-state index contributed by atoms with van der Waals surface area (Å²) in [7, 11) is 0. The zero-order valence-corrected chi connectivity index (χ0v) is 8.29. The Morgan fingerprint density at radius 2 is 2.08 bits per heavy atom. The molecule has 0 aromatic carbocycles. The third-order valence-corrected chi connectivity index (χ3v) is 4.24. The minimum atomic E-state index is 0.122. The summed E-state index contributed by atoms with van der Waals surface area (Å²) in [6.45, 7) is 6.93. The third kappa shape index (κ3) is 0.560. The summed E-state index contributed by atoms with van der Waals surface area (Å²) in [5.41, 5.74) is 1.81. The number of allylic oxidation sites excluding steroid dienone is 2. The van der Waals surface area contributed by atoms with Crippen molar-refractivity contribution < 1.29 is 4.42 Å². The van der Waals surface area contributed by atoms with Gasteiger partial charge in [0, 0.05) is 16.9 Å². The molecule has 1 heteroatoms. The van der Waals surface area contributed by atoms with E-state index in [1.807, 2.05) is 6.26 Å². The third-order valence-electron chi connectivity index (χ3n) is 4.24. The highest BCUT2D eigenvalue weighted by molar-refractivity contribution is 5.51. The van der Waals surface area contributed by atoms with Crippen LogP contribution in [0.2, 0.25) is 0 Å². The number of furan rings is 1. The Kier molecular flexibility index (Phi) is 1.01. The van der Waals surface area contributed by atoms with Crippen molar-refractivity contribution in [1.82, 2.24) is 0 Å². The minimum absolute atomic E-state index is 0.122. The predicted molar refractivity (Wildman–Crippen MR) is 51.7 cm³/mol. The van der Waals surface area contributed by atoms with Crippen LogP contribution in [-0.4, -0.2) is 0 Å². The normalized spacial score (nSPS) is 38.2. The van der Waals surface area contributed by atoms with E-state index in [9.17, 15) is 0 Å². The lowest BCUT2D eigenvalue weighted by atomic mass is 9.70. The fourth-order valence-electron chi connectivity index (χ4n) is 2.91. The molecule has 0 saturated carbocycles. The van der Waals surface area contributed by atoms with Crippen LogP contribution < -0.4 is 0 Å². The van der Waals surface area contributed by atoms with Gasteiger partial charge in [0.1, 0.15) is 5.76 Å². The molecule has 1 heterocycles. The molecule has 2 unspecified atom stereocenters. The average Bonchev–Trinajstić information content (AvgIpc) is 2.63. The highest BCUT2D eigenvalue weighted by Gasteiger charge is 2.58. The fourth-order valence-corrected chi connectivity index (χ4v) is 2.91. The van der Waals surface area contributed by atoms with Gasteiger partial charge in [0.15, 0.2) is 0 Å². The van der Waals surface area contributed by atoms with Crippen molar-refractivity contribution in [1.29, 1.82) is 0 Å². The summed E-state index contributed by atoms with van der Waals surface area (Å²) in [5, 5.41) is 0. The molecule has 0 radical (unpaired) electrons. The Morgan fingerprint density at radius 1 is 1.31 bits per heavy atom. The number of hydrogen-bond donors (Lipinski definition) is 0. The summed E-state index contributed by atoms with van der Waals surface area (Å²) in [6, 6.07) is 2.12. The van der Waals surface area contributed by atoms with E-state index in [2.05, 4.69) is 39.0 Å². The van der Waals surface area contributed by atoms with Gasteiger partial charge in [0.2, 0.25) is 0 Å². The lowest BCUT2D eigenvalue weighted by Gasteiger charge is -2.33. The second kappa shape index (κ2) is 1.77. The quantitative estimate of drug-likeness (QED) is 0.550. The monoisotopic (exact) mass is 174 g/mol. The number of fused-ring (bicyclic) bond motifs is 5. The SMILES string of the molecule is CC12C=CC(c3ccoc31)C2(C)C. The Bertz CT molecular complexity index is 397. The first-order chi connectivity index (χ1) is 6.07. The lowest BCUT2D eigenvalue weighted by molar-refractivity contribution is 0.228. The van der Waals surface area contributed by atoms with E-state index in [-0.39, 0.29) is 5.41 Å². The van der Waals surface area contributed by atoms with Crippen LogP contribution in [0, 0.1) is 5.41 Å². The van der Waals surface area contributed by atoms with Gasteiger partial charge in [-0.25, -0.2) is 0 Å². The predicted octanol–water partition coefficient (Wildman–Crippen LogP) is 3.23. The van der Waals surface area contributed by atoms with Crippen molar-refractivity contribution in [2.45, 2.75) is 32.1 Å². The highest BCUT2D eigenvalue weighted by Crippen LogP contribution is 2.64. The topological polar surface area (TPSA) is 13.1 Å². The van der Waals surface area contributed by atoms with Crippen molar-refractivity contribution in [3.8, 4) is 0 Å². The summed E-state index contributed by atoms with van der Waals surface area (Å²) < 4.78 is 5.60. The van der Waals surface area contributed by atoms with Gasteiger partial charge in [0.25, 0.3) is 0 Å². The molecular formula is C12H14O. The minimum Gasteiger partial charge on any atom is -0.468 e. The summed E-state index contributed by atoms with van der Waals surface area (Å²) in [4.78, 5) is 0. The standard InChI is InChI=1S/C12H14O/c1-11(2)9-4-6-12(11,3)10-8(9)5-7-13-10/h4-7,9H,1-3H3. The van der Waals surface area contributed by atoms with E-state index in [0.29, 0.717) is 11.3 Å². The zero-order chi connectivity index (χ0) is 9.27. The van der Waals surface area contributed by atoms with E-state index in [4.69, 9.17) is 4.42 Å². The van der Waals surface area contributed by atoms with Crippen molar-refractivity contribution in [3.63, 3.8) is 0 Å². The Labute approximate surface area is 78.4 Å². The molecule has 0 fully saturated rings. The van der Waals surface area contributed by atoms with Gasteiger partial charge in [-0.3, -0.25) is 0 Å². The van der Waals surface area contributed by atoms with Gasteiger partial charge < -0.3 is 4.42 Å². The summed E-state index contributed by atoms with van der Waals surface area (Å²) in [5.74, 6) is 1.75. The van der Waals surface area contributed by atoms with Gasteiger partial charge in [-0.15, -0.1) is 0 Å². The van der Waals surface area contributed by atoms with Crippen molar-refractivity contribution in [2.24, 2.45) is 5.41 Å². The van der Waals surface area contributed by atoms with Gasteiger partial charge in [-0.2, -0.15) is 0 Å². The molecule has 3 rings (SSSR count). The van der Waals surface area contributed by atoms with Gasteiger partial charge >= 0.3 is 0 Å². The van der Waals surface area contributed by atoms with E-state index < -0.39 is 0 Å². The van der Waals surface area contributed by atoms with E-state index in [1.165, 1.54) is 11.3 Å². The first-order valence-corrected chi connectivity index (χ1v) is 4.84. The van der Waals surface area contributed by atoms with Crippen LogP contribution in [0.4, 0.5) is 0 Å². The number of hydrogen-bond acceptors (Lipinski definition) is 1. The molecule has 0 amide bonds. The van der Waals surface area contributed by atoms with E-state index in [0.717, 1.165) is 0 Å². The molecule has 0 N–H and O–H groups in total. The molecule has 1 nitrogen and oxygen atoms in total. The molecule has 68 valence electrons. The van der Waals surface area contributed by atoms with Gasteiger partial charge in [0.05, 0.1) is 6.26 Å². The second-order valence-corrected chi connectivity index (χ2v) is 4.97. The van der Waals surface area contributed by atoms with E-state index in [1.54, 1.807) is 0 Å². The maximum absolute atomic E-state index is 5.60. The molecule has 2 atom stereocenters. The first kappa shape index (κ1) is 7.43. The molecule has 2 bridgehead atoms. The van der Waals surface area contributed by atoms with Crippen LogP contribution in [0.3, 0.4) is 0 Å². The Morgan fingerprint density at radius 3 is 2.77 bits per heavy atom. The maximum Gasteiger partial charge on any atom is 0.117 e. The number of rotatable bonds is 0. The largest absolute Gasteiger partial charge is 0.468 e. The first-order valence-electron chi connectivity index (χ1n) is 4.84. The van der Waals surface area contributed by atoms with Crippen LogP contribution in [0.5, 0.6) is 0 Å². The fraction of sp³-hybridized carbons (Fsp3) is 0.500. The Balaban J connectivity index is 2.34. The van der Waals surface area contributed by atoms with Crippen LogP contribution in [0.25, 0.3) is 0 Å². The molecule has 2 aliphatic rings. The molecular weight excluding hydrogens is 160 g/mol. The van der Waals surface area contributed by atoms with Crippen molar-refractivity contribution in [2.75, 3.05) is 0 Å². The van der Waals surface area contributed by atoms with Crippen LogP contribution in [0.1, 0.15) is 38.0 Å². The molecule has 1 aromatic rings. The molecule has 13 heavy (non-hydrogen) atoms. The molecule has 1 aromatic heterocycles. The van der Waals surface area contributed by atoms with Crippen molar-refractivity contribution >= 4 is 0 Å². The summed E-state index contributed by atoms with van der Waals surface area (Å²) >= 11 is 0.